The Morgan fingerprint density at radius 1 is 1.40 bits per heavy atom. The standard InChI is InChI=1S/C11H16N2OS/c1-8-11(15-13-12-8)10(14)9-6-4-2-3-5-7-9/h6,10,14H,2-5,7H2,1H3. The molecule has 1 unspecified atom stereocenters. The van der Waals surface area contributed by atoms with Crippen molar-refractivity contribution in [1.29, 1.82) is 0 Å². The van der Waals surface area contributed by atoms with E-state index in [9.17, 15) is 5.11 Å². The molecule has 0 radical (unpaired) electrons. The normalized spacial score (nSPS) is 19.5. The summed E-state index contributed by atoms with van der Waals surface area (Å²) < 4.78 is 3.87. The van der Waals surface area contributed by atoms with Gasteiger partial charge in [0.15, 0.2) is 0 Å². The van der Waals surface area contributed by atoms with Crippen LogP contribution in [0.4, 0.5) is 0 Å². The van der Waals surface area contributed by atoms with Gasteiger partial charge in [0.25, 0.3) is 0 Å². The van der Waals surface area contributed by atoms with Crippen molar-refractivity contribution in [2.24, 2.45) is 0 Å². The zero-order valence-electron chi connectivity index (χ0n) is 8.94. The summed E-state index contributed by atoms with van der Waals surface area (Å²) in [5, 5.41) is 14.1. The number of aliphatic hydroxyl groups is 1. The smallest absolute Gasteiger partial charge is 0.113 e. The largest absolute Gasteiger partial charge is 0.383 e. The molecule has 15 heavy (non-hydrogen) atoms. The monoisotopic (exact) mass is 224 g/mol. The van der Waals surface area contributed by atoms with Gasteiger partial charge in [-0.05, 0) is 49.7 Å². The van der Waals surface area contributed by atoms with E-state index in [-0.39, 0.29) is 0 Å². The highest BCUT2D eigenvalue weighted by Gasteiger charge is 2.19. The first-order valence-electron chi connectivity index (χ1n) is 5.45. The van der Waals surface area contributed by atoms with E-state index in [4.69, 9.17) is 0 Å². The average Bonchev–Trinajstić information content (AvgIpc) is 2.53. The molecule has 0 saturated carbocycles. The van der Waals surface area contributed by atoms with Crippen molar-refractivity contribution in [2.75, 3.05) is 0 Å². The molecule has 0 saturated heterocycles. The lowest BCUT2D eigenvalue weighted by Crippen LogP contribution is -2.01. The van der Waals surface area contributed by atoms with Crippen molar-refractivity contribution in [3.8, 4) is 0 Å². The van der Waals surface area contributed by atoms with Gasteiger partial charge < -0.3 is 5.11 Å². The number of rotatable bonds is 2. The van der Waals surface area contributed by atoms with Gasteiger partial charge in [-0.2, -0.15) is 0 Å². The Morgan fingerprint density at radius 3 is 3.00 bits per heavy atom. The van der Waals surface area contributed by atoms with Gasteiger partial charge in [-0.15, -0.1) is 5.10 Å². The first kappa shape index (κ1) is 10.8. The molecule has 2 rings (SSSR count). The second-order valence-electron chi connectivity index (χ2n) is 4.00. The van der Waals surface area contributed by atoms with E-state index < -0.39 is 6.10 Å². The van der Waals surface area contributed by atoms with Gasteiger partial charge in [0.1, 0.15) is 6.10 Å². The average molecular weight is 224 g/mol. The third-order valence-corrected chi connectivity index (χ3v) is 3.74. The van der Waals surface area contributed by atoms with E-state index in [0.29, 0.717) is 0 Å². The molecule has 0 bridgehead atoms. The Hall–Kier alpha value is -0.740. The molecule has 0 fully saturated rings. The minimum absolute atomic E-state index is 0.469. The highest BCUT2D eigenvalue weighted by molar-refractivity contribution is 7.05. The van der Waals surface area contributed by atoms with Gasteiger partial charge in [0.05, 0.1) is 10.6 Å². The highest BCUT2D eigenvalue weighted by Crippen LogP contribution is 2.31. The molecule has 1 heterocycles. The molecule has 1 aromatic heterocycles. The van der Waals surface area contributed by atoms with Gasteiger partial charge >= 0.3 is 0 Å². The minimum Gasteiger partial charge on any atom is -0.383 e. The van der Waals surface area contributed by atoms with Crippen molar-refractivity contribution >= 4 is 11.5 Å². The van der Waals surface area contributed by atoms with Crippen molar-refractivity contribution in [1.82, 2.24) is 9.59 Å². The van der Waals surface area contributed by atoms with Crippen LogP contribution in [0.25, 0.3) is 0 Å². The van der Waals surface area contributed by atoms with Crippen molar-refractivity contribution < 1.29 is 5.11 Å². The van der Waals surface area contributed by atoms with Crippen molar-refractivity contribution in [3.63, 3.8) is 0 Å². The van der Waals surface area contributed by atoms with Crippen LogP contribution in [0.5, 0.6) is 0 Å². The second kappa shape index (κ2) is 4.86. The van der Waals surface area contributed by atoms with E-state index >= 15 is 0 Å². The van der Waals surface area contributed by atoms with Crippen LogP contribution in [-0.4, -0.2) is 14.7 Å². The Balaban J connectivity index is 2.16. The second-order valence-corrected chi connectivity index (χ2v) is 4.79. The molecule has 0 aliphatic heterocycles. The van der Waals surface area contributed by atoms with Crippen LogP contribution in [0.3, 0.4) is 0 Å². The van der Waals surface area contributed by atoms with Gasteiger partial charge in [0, 0.05) is 0 Å². The maximum Gasteiger partial charge on any atom is 0.113 e. The summed E-state index contributed by atoms with van der Waals surface area (Å²) in [6.07, 6.45) is 7.53. The van der Waals surface area contributed by atoms with Crippen LogP contribution in [0, 0.1) is 6.92 Å². The third-order valence-electron chi connectivity index (χ3n) is 2.86. The molecule has 4 heteroatoms. The van der Waals surface area contributed by atoms with Crippen LogP contribution in [0.15, 0.2) is 11.6 Å². The van der Waals surface area contributed by atoms with Crippen LogP contribution in [-0.2, 0) is 0 Å². The molecule has 1 atom stereocenters. The maximum absolute atomic E-state index is 10.2. The van der Waals surface area contributed by atoms with Crippen molar-refractivity contribution in [3.05, 3.63) is 22.2 Å². The third kappa shape index (κ3) is 2.44. The summed E-state index contributed by atoms with van der Waals surface area (Å²) in [6.45, 7) is 1.90. The Labute approximate surface area is 94.0 Å². The van der Waals surface area contributed by atoms with E-state index in [1.807, 2.05) is 6.92 Å². The Bertz CT molecular complexity index is 359. The van der Waals surface area contributed by atoms with Gasteiger partial charge in [-0.1, -0.05) is 17.0 Å². The van der Waals surface area contributed by atoms with Crippen molar-refractivity contribution in [2.45, 2.75) is 45.1 Å². The molecule has 1 aromatic rings. The summed E-state index contributed by atoms with van der Waals surface area (Å²) in [5.41, 5.74) is 2.01. The highest BCUT2D eigenvalue weighted by atomic mass is 32.1. The molecular weight excluding hydrogens is 208 g/mol. The predicted molar refractivity (Wildman–Crippen MR) is 60.8 cm³/mol. The van der Waals surface area contributed by atoms with Gasteiger partial charge in [-0.3, -0.25) is 0 Å². The number of hydrogen-bond donors (Lipinski definition) is 1. The molecule has 1 aliphatic rings. The fourth-order valence-electron chi connectivity index (χ4n) is 1.95. The molecule has 82 valence electrons. The molecule has 0 aromatic carbocycles. The number of aromatic nitrogens is 2. The fourth-order valence-corrected chi connectivity index (χ4v) is 2.62. The van der Waals surface area contributed by atoms with Crippen LogP contribution >= 0.6 is 11.5 Å². The molecule has 1 N–H and O–H groups in total. The number of nitrogens with zero attached hydrogens (tertiary/aromatic N) is 2. The minimum atomic E-state index is -0.469. The van der Waals surface area contributed by atoms with Gasteiger partial charge in [-0.25, -0.2) is 0 Å². The van der Waals surface area contributed by atoms with E-state index in [1.54, 1.807) is 0 Å². The first-order valence-corrected chi connectivity index (χ1v) is 6.22. The maximum atomic E-state index is 10.2. The van der Waals surface area contributed by atoms with Crippen LogP contribution in [0.2, 0.25) is 0 Å². The zero-order valence-corrected chi connectivity index (χ0v) is 9.76. The zero-order chi connectivity index (χ0) is 10.7. The number of allylic oxidation sites excluding steroid dienone is 1. The quantitative estimate of drug-likeness (QED) is 0.786. The predicted octanol–water partition coefficient (Wildman–Crippen LogP) is 2.77. The lowest BCUT2D eigenvalue weighted by Gasteiger charge is -2.12. The lowest BCUT2D eigenvalue weighted by molar-refractivity contribution is 0.213. The Kier molecular flexibility index (Phi) is 3.49. The molecule has 0 amide bonds. The summed E-state index contributed by atoms with van der Waals surface area (Å²) in [4.78, 5) is 0.906. The summed E-state index contributed by atoms with van der Waals surface area (Å²) in [6, 6.07) is 0. The first-order chi connectivity index (χ1) is 7.29. The van der Waals surface area contributed by atoms with Gasteiger partial charge in [0.2, 0.25) is 0 Å². The van der Waals surface area contributed by atoms with E-state index in [0.717, 1.165) is 29.0 Å². The number of aliphatic hydroxyl groups excluding tert-OH is 1. The Morgan fingerprint density at radius 2 is 2.27 bits per heavy atom. The summed E-state index contributed by atoms with van der Waals surface area (Å²) in [5.74, 6) is 0. The van der Waals surface area contributed by atoms with Crippen LogP contribution in [0.1, 0.15) is 48.8 Å². The molecule has 0 spiro atoms. The number of hydrogen-bond acceptors (Lipinski definition) is 4. The lowest BCUT2D eigenvalue weighted by atomic mass is 10.0. The topological polar surface area (TPSA) is 46.0 Å². The number of aryl methyl sites for hydroxylation is 1. The summed E-state index contributed by atoms with van der Waals surface area (Å²) >= 11 is 1.31. The van der Waals surface area contributed by atoms with E-state index in [1.165, 1.54) is 30.8 Å². The van der Waals surface area contributed by atoms with E-state index in [2.05, 4.69) is 15.7 Å². The SMILES string of the molecule is Cc1nnsc1C(O)C1=CCCCCC1. The molecule has 3 nitrogen and oxygen atoms in total. The van der Waals surface area contributed by atoms with Crippen LogP contribution < -0.4 is 0 Å². The molecule has 1 aliphatic carbocycles. The molecular formula is C11H16N2OS. The summed E-state index contributed by atoms with van der Waals surface area (Å²) in [7, 11) is 0. The fraction of sp³-hybridized carbons (Fsp3) is 0.636.